The van der Waals surface area contributed by atoms with Crippen LogP contribution in [0.15, 0.2) is 24.3 Å². The summed E-state index contributed by atoms with van der Waals surface area (Å²) in [5.41, 5.74) is 0. The van der Waals surface area contributed by atoms with Gasteiger partial charge < -0.3 is 24.2 Å². The molecule has 30 heavy (non-hydrogen) atoms. The molecule has 3 heterocycles. The van der Waals surface area contributed by atoms with Gasteiger partial charge in [0.25, 0.3) is 0 Å². The largest absolute Gasteiger partial charge is 0.491 e. The number of carbonyl (C=O) groups excluding carboxylic acids is 1. The molecule has 0 aliphatic carbocycles. The van der Waals surface area contributed by atoms with E-state index < -0.39 is 0 Å². The SMILES string of the molecule is O=C1COC(COc2ccc(F)cc2)CN1C1CCN(CCN2CCCCC2)CC1. The second kappa shape index (κ2) is 10.6. The molecule has 3 saturated heterocycles. The van der Waals surface area contributed by atoms with Gasteiger partial charge in [-0.05, 0) is 63.0 Å². The zero-order valence-corrected chi connectivity index (χ0v) is 17.8. The molecule has 1 amide bonds. The second-order valence-electron chi connectivity index (χ2n) is 8.72. The molecule has 0 N–H and O–H groups in total. The van der Waals surface area contributed by atoms with Crippen molar-refractivity contribution in [1.82, 2.24) is 14.7 Å². The van der Waals surface area contributed by atoms with Gasteiger partial charge in [-0.3, -0.25) is 4.79 Å². The van der Waals surface area contributed by atoms with Gasteiger partial charge in [-0.15, -0.1) is 0 Å². The molecular weight excluding hydrogens is 385 g/mol. The van der Waals surface area contributed by atoms with Crippen LogP contribution in [0.1, 0.15) is 32.1 Å². The second-order valence-corrected chi connectivity index (χ2v) is 8.72. The Balaban J connectivity index is 1.20. The maximum Gasteiger partial charge on any atom is 0.248 e. The summed E-state index contributed by atoms with van der Waals surface area (Å²) in [7, 11) is 0. The number of amides is 1. The molecule has 1 unspecified atom stereocenters. The van der Waals surface area contributed by atoms with Crippen LogP contribution in [0.5, 0.6) is 5.75 Å². The molecule has 0 radical (unpaired) electrons. The lowest BCUT2D eigenvalue weighted by Crippen LogP contribution is -2.55. The van der Waals surface area contributed by atoms with Gasteiger partial charge >= 0.3 is 0 Å². The van der Waals surface area contributed by atoms with Gasteiger partial charge in [-0.25, -0.2) is 4.39 Å². The molecule has 1 atom stereocenters. The molecule has 1 aromatic carbocycles. The van der Waals surface area contributed by atoms with Gasteiger partial charge in [0.1, 0.15) is 30.9 Å². The number of halogens is 1. The summed E-state index contributed by atoms with van der Waals surface area (Å²) < 4.78 is 24.4. The van der Waals surface area contributed by atoms with Gasteiger partial charge in [0.2, 0.25) is 5.91 Å². The van der Waals surface area contributed by atoms with Crippen LogP contribution < -0.4 is 4.74 Å². The first-order chi connectivity index (χ1) is 14.7. The van der Waals surface area contributed by atoms with E-state index in [1.807, 2.05) is 4.90 Å². The molecule has 166 valence electrons. The van der Waals surface area contributed by atoms with E-state index in [0.717, 1.165) is 32.5 Å². The number of ether oxygens (including phenoxy) is 2. The molecule has 4 rings (SSSR count). The smallest absolute Gasteiger partial charge is 0.248 e. The highest BCUT2D eigenvalue weighted by Gasteiger charge is 2.33. The lowest BCUT2D eigenvalue weighted by molar-refractivity contribution is -0.155. The molecule has 3 aliphatic rings. The Kier molecular flexibility index (Phi) is 7.57. The highest BCUT2D eigenvalue weighted by atomic mass is 19.1. The molecule has 1 aromatic rings. The molecular formula is C23H34FN3O3. The summed E-state index contributed by atoms with van der Waals surface area (Å²) in [6, 6.07) is 6.28. The summed E-state index contributed by atoms with van der Waals surface area (Å²) in [5, 5.41) is 0. The molecule has 0 saturated carbocycles. The maximum atomic E-state index is 13.0. The zero-order valence-electron chi connectivity index (χ0n) is 17.8. The van der Waals surface area contributed by atoms with Crippen LogP contribution in [0.25, 0.3) is 0 Å². The number of piperidine rings is 2. The minimum absolute atomic E-state index is 0.0831. The minimum atomic E-state index is -0.282. The van der Waals surface area contributed by atoms with Gasteiger partial charge in [0.15, 0.2) is 0 Å². The molecule has 0 bridgehead atoms. The van der Waals surface area contributed by atoms with Crippen LogP contribution >= 0.6 is 0 Å². The number of benzene rings is 1. The Morgan fingerprint density at radius 2 is 1.63 bits per heavy atom. The first-order valence-corrected chi connectivity index (χ1v) is 11.4. The van der Waals surface area contributed by atoms with Crippen LogP contribution in [0.2, 0.25) is 0 Å². The number of hydrogen-bond acceptors (Lipinski definition) is 5. The third-order valence-electron chi connectivity index (χ3n) is 6.59. The lowest BCUT2D eigenvalue weighted by Gasteiger charge is -2.42. The highest BCUT2D eigenvalue weighted by molar-refractivity contribution is 5.78. The van der Waals surface area contributed by atoms with Crippen molar-refractivity contribution < 1.29 is 18.7 Å². The van der Waals surface area contributed by atoms with Crippen molar-refractivity contribution in [3.8, 4) is 5.75 Å². The summed E-state index contributed by atoms with van der Waals surface area (Å²) in [6.07, 6.45) is 5.96. The van der Waals surface area contributed by atoms with E-state index in [0.29, 0.717) is 24.9 Å². The Hall–Kier alpha value is -1.70. The normalized spacial score (nSPS) is 24.9. The summed E-state index contributed by atoms with van der Waals surface area (Å²) >= 11 is 0. The number of likely N-dealkylation sites (tertiary alicyclic amines) is 2. The molecule has 3 fully saturated rings. The molecule has 0 aromatic heterocycles. The van der Waals surface area contributed by atoms with E-state index in [1.54, 1.807) is 12.1 Å². The fourth-order valence-electron chi connectivity index (χ4n) is 4.74. The number of carbonyl (C=O) groups is 1. The van der Waals surface area contributed by atoms with Crippen molar-refractivity contribution in [2.24, 2.45) is 0 Å². The van der Waals surface area contributed by atoms with Crippen LogP contribution in [-0.4, -0.2) is 91.8 Å². The van der Waals surface area contributed by atoms with Crippen LogP contribution in [0.4, 0.5) is 4.39 Å². The quantitative estimate of drug-likeness (QED) is 0.679. The Morgan fingerprint density at radius 1 is 0.967 bits per heavy atom. The molecule has 7 heteroatoms. The van der Waals surface area contributed by atoms with Crippen molar-refractivity contribution >= 4 is 5.91 Å². The van der Waals surface area contributed by atoms with Gasteiger partial charge in [-0.2, -0.15) is 0 Å². The first-order valence-electron chi connectivity index (χ1n) is 11.4. The molecule has 0 spiro atoms. The predicted molar refractivity (Wildman–Crippen MR) is 113 cm³/mol. The van der Waals surface area contributed by atoms with E-state index in [2.05, 4.69) is 9.80 Å². The van der Waals surface area contributed by atoms with Crippen molar-refractivity contribution in [1.29, 1.82) is 0 Å². The summed E-state index contributed by atoms with van der Waals surface area (Å²) in [6.45, 7) is 7.97. The summed E-state index contributed by atoms with van der Waals surface area (Å²) in [5.74, 6) is 0.417. The van der Waals surface area contributed by atoms with E-state index in [4.69, 9.17) is 9.47 Å². The standard InChI is InChI=1S/C23H34FN3O3/c24-19-4-6-21(7-5-19)29-17-22-16-27(23(28)18-30-22)20-8-12-26(13-9-20)15-14-25-10-2-1-3-11-25/h4-7,20,22H,1-3,8-18H2. The minimum Gasteiger partial charge on any atom is -0.491 e. The van der Waals surface area contributed by atoms with Crippen LogP contribution in [-0.2, 0) is 9.53 Å². The van der Waals surface area contributed by atoms with Gasteiger partial charge in [0, 0.05) is 32.2 Å². The predicted octanol–water partition coefficient (Wildman–Crippen LogP) is 2.38. The van der Waals surface area contributed by atoms with Crippen LogP contribution in [0.3, 0.4) is 0 Å². The Morgan fingerprint density at radius 3 is 2.33 bits per heavy atom. The third-order valence-corrected chi connectivity index (χ3v) is 6.59. The fraction of sp³-hybridized carbons (Fsp3) is 0.696. The number of morpholine rings is 1. The fourth-order valence-corrected chi connectivity index (χ4v) is 4.74. The lowest BCUT2D eigenvalue weighted by atomic mass is 10.0. The Labute approximate surface area is 178 Å². The van der Waals surface area contributed by atoms with Crippen molar-refractivity contribution in [2.45, 2.75) is 44.2 Å². The molecule has 3 aliphatic heterocycles. The number of nitrogens with zero attached hydrogens (tertiary/aromatic N) is 3. The third kappa shape index (κ3) is 5.93. The monoisotopic (exact) mass is 419 g/mol. The van der Waals surface area contributed by atoms with Gasteiger partial charge in [-0.1, -0.05) is 6.42 Å². The van der Waals surface area contributed by atoms with Crippen LogP contribution in [0, 0.1) is 5.82 Å². The average molecular weight is 420 g/mol. The molecule has 6 nitrogen and oxygen atoms in total. The van der Waals surface area contributed by atoms with E-state index in [-0.39, 0.29) is 24.4 Å². The average Bonchev–Trinajstić information content (AvgIpc) is 2.79. The van der Waals surface area contributed by atoms with E-state index in [9.17, 15) is 9.18 Å². The number of rotatable bonds is 7. The zero-order chi connectivity index (χ0) is 20.8. The van der Waals surface area contributed by atoms with E-state index in [1.165, 1.54) is 51.0 Å². The number of hydrogen-bond donors (Lipinski definition) is 0. The topological polar surface area (TPSA) is 45.3 Å². The van der Waals surface area contributed by atoms with Gasteiger partial charge in [0.05, 0.1) is 6.54 Å². The highest BCUT2D eigenvalue weighted by Crippen LogP contribution is 2.21. The van der Waals surface area contributed by atoms with Crippen molar-refractivity contribution in [3.63, 3.8) is 0 Å². The Bertz CT molecular complexity index is 673. The van der Waals surface area contributed by atoms with E-state index >= 15 is 0 Å². The summed E-state index contributed by atoms with van der Waals surface area (Å²) in [4.78, 5) is 19.6. The maximum absolute atomic E-state index is 13.0. The van der Waals surface area contributed by atoms with Crippen molar-refractivity contribution in [2.75, 3.05) is 59.0 Å². The van der Waals surface area contributed by atoms with Crippen molar-refractivity contribution in [3.05, 3.63) is 30.1 Å². The first kappa shape index (κ1) is 21.5.